The standard InChI is InChI=1S/C11H15FN2/c12-10(7-13)11-9-4-2-1-3-8(9)5-6-14-11/h1-4,10-11,14H,5-7,13H2. The Hall–Kier alpha value is -0.930. The number of nitrogens with one attached hydrogen (secondary N) is 1. The molecule has 3 N–H and O–H groups in total. The highest BCUT2D eigenvalue weighted by Crippen LogP contribution is 2.26. The molecule has 14 heavy (non-hydrogen) atoms. The van der Waals surface area contributed by atoms with Gasteiger partial charge in [0.05, 0.1) is 6.04 Å². The lowest BCUT2D eigenvalue weighted by Gasteiger charge is -2.28. The van der Waals surface area contributed by atoms with Gasteiger partial charge in [0.1, 0.15) is 6.17 Å². The van der Waals surface area contributed by atoms with Gasteiger partial charge in [0, 0.05) is 6.54 Å². The minimum absolute atomic E-state index is 0.0754. The molecule has 1 aromatic rings. The lowest BCUT2D eigenvalue weighted by Crippen LogP contribution is -2.38. The van der Waals surface area contributed by atoms with E-state index < -0.39 is 6.17 Å². The van der Waals surface area contributed by atoms with Crippen LogP contribution in [0, 0.1) is 0 Å². The van der Waals surface area contributed by atoms with Crippen LogP contribution in [0.25, 0.3) is 0 Å². The zero-order chi connectivity index (χ0) is 9.97. The number of hydrogen-bond acceptors (Lipinski definition) is 2. The molecule has 0 amide bonds. The molecule has 1 aromatic carbocycles. The third-order valence-electron chi connectivity index (χ3n) is 2.74. The van der Waals surface area contributed by atoms with Gasteiger partial charge in [-0.05, 0) is 24.1 Å². The lowest BCUT2D eigenvalue weighted by molar-refractivity contribution is 0.251. The molecule has 0 radical (unpaired) electrons. The maximum atomic E-state index is 13.5. The van der Waals surface area contributed by atoms with Gasteiger partial charge in [0.25, 0.3) is 0 Å². The van der Waals surface area contributed by atoms with Crippen molar-refractivity contribution in [1.82, 2.24) is 5.32 Å². The van der Waals surface area contributed by atoms with Crippen molar-refractivity contribution >= 4 is 0 Å². The van der Waals surface area contributed by atoms with E-state index >= 15 is 0 Å². The van der Waals surface area contributed by atoms with Crippen LogP contribution in [0.5, 0.6) is 0 Å². The molecule has 0 fully saturated rings. The summed E-state index contributed by atoms with van der Waals surface area (Å²) >= 11 is 0. The maximum absolute atomic E-state index is 13.5. The molecule has 0 aromatic heterocycles. The van der Waals surface area contributed by atoms with E-state index in [1.165, 1.54) is 5.56 Å². The Balaban J connectivity index is 2.30. The second-order valence-corrected chi connectivity index (χ2v) is 3.63. The van der Waals surface area contributed by atoms with E-state index in [0.717, 1.165) is 18.5 Å². The van der Waals surface area contributed by atoms with Crippen molar-refractivity contribution in [3.63, 3.8) is 0 Å². The number of hydrogen-bond donors (Lipinski definition) is 2. The second kappa shape index (κ2) is 4.07. The molecule has 2 nitrogen and oxygen atoms in total. The van der Waals surface area contributed by atoms with Crippen molar-refractivity contribution < 1.29 is 4.39 Å². The van der Waals surface area contributed by atoms with E-state index in [1.807, 2.05) is 18.2 Å². The smallest absolute Gasteiger partial charge is 0.132 e. The predicted octanol–water partition coefficient (Wildman–Crippen LogP) is 1.17. The molecule has 0 aliphatic carbocycles. The van der Waals surface area contributed by atoms with Gasteiger partial charge in [-0.2, -0.15) is 0 Å². The quantitative estimate of drug-likeness (QED) is 0.741. The average Bonchev–Trinajstić information content (AvgIpc) is 2.27. The summed E-state index contributed by atoms with van der Waals surface area (Å²) in [5.74, 6) is 0. The van der Waals surface area contributed by atoms with E-state index in [4.69, 9.17) is 5.73 Å². The van der Waals surface area contributed by atoms with Gasteiger partial charge < -0.3 is 11.1 Å². The van der Waals surface area contributed by atoms with Gasteiger partial charge in [0.2, 0.25) is 0 Å². The fraction of sp³-hybridized carbons (Fsp3) is 0.455. The first-order valence-corrected chi connectivity index (χ1v) is 4.98. The Bertz CT molecular complexity index is 314. The number of benzene rings is 1. The van der Waals surface area contributed by atoms with Crippen LogP contribution in [0.1, 0.15) is 17.2 Å². The van der Waals surface area contributed by atoms with Crippen LogP contribution in [-0.4, -0.2) is 19.3 Å². The van der Waals surface area contributed by atoms with Crippen LogP contribution in [0.2, 0.25) is 0 Å². The van der Waals surface area contributed by atoms with Crippen molar-refractivity contribution in [2.75, 3.05) is 13.1 Å². The first-order valence-electron chi connectivity index (χ1n) is 4.98. The molecule has 2 unspecified atom stereocenters. The highest BCUT2D eigenvalue weighted by molar-refractivity contribution is 5.33. The summed E-state index contributed by atoms with van der Waals surface area (Å²) < 4.78 is 13.5. The largest absolute Gasteiger partial charge is 0.328 e. The van der Waals surface area contributed by atoms with E-state index in [9.17, 15) is 4.39 Å². The van der Waals surface area contributed by atoms with Crippen LogP contribution in [0.4, 0.5) is 4.39 Å². The molecule has 76 valence electrons. The molecule has 2 rings (SSSR count). The fourth-order valence-corrected chi connectivity index (χ4v) is 2.00. The topological polar surface area (TPSA) is 38.0 Å². The highest BCUT2D eigenvalue weighted by atomic mass is 19.1. The van der Waals surface area contributed by atoms with Crippen LogP contribution >= 0.6 is 0 Å². The maximum Gasteiger partial charge on any atom is 0.132 e. The number of rotatable bonds is 2. The first kappa shape index (κ1) is 9.62. The van der Waals surface area contributed by atoms with Crippen molar-refractivity contribution in [3.05, 3.63) is 35.4 Å². The van der Waals surface area contributed by atoms with Crippen LogP contribution in [0.15, 0.2) is 24.3 Å². The molecule has 0 spiro atoms. The summed E-state index contributed by atoms with van der Waals surface area (Å²) in [4.78, 5) is 0. The van der Waals surface area contributed by atoms with Crippen molar-refractivity contribution in [3.8, 4) is 0 Å². The third-order valence-corrected chi connectivity index (χ3v) is 2.74. The summed E-state index contributed by atoms with van der Waals surface area (Å²) in [6.45, 7) is 0.911. The molecular weight excluding hydrogens is 179 g/mol. The van der Waals surface area contributed by atoms with Crippen LogP contribution in [0.3, 0.4) is 0 Å². The second-order valence-electron chi connectivity index (χ2n) is 3.63. The molecule has 3 heteroatoms. The van der Waals surface area contributed by atoms with Crippen molar-refractivity contribution in [2.24, 2.45) is 5.73 Å². The number of halogens is 1. The molecular formula is C11H15FN2. The molecule has 2 atom stereocenters. The van der Waals surface area contributed by atoms with Crippen LogP contribution in [-0.2, 0) is 6.42 Å². The summed E-state index contributed by atoms with van der Waals surface area (Å²) in [5, 5.41) is 3.17. The molecule has 0 saturated carbocycles. The number of nitrogens with two attached hydrogens (primary N) is 1. The minimum atomic E-state index is -0.989. The Labute approximate surface area is 83.3 Å². The normalized spacial score (nSPS) is 22.9. The number of fused-ring (bicyclic) bond motifs is 1. The van der Waals surface area contributed by atoms with Crippen LogP contribution < -0.4 is 11.1 Å². The lowest BCUT2D eigenvalue weighted by atomic mass is 9.92. The zero-order valence-corrected chi connectivity index (χ0v) is 8.04. The van der Waals surface area contributed by atoms with E-state index in [-0.39, 0.29) is 12.6 Å². The van der Waals surface area contributed by atoms with Gasteiger partial charge in [-0.3, -0.25) is 0 Å². The monoisotopic (exact) mass is 194 g/mol. The number of alkyl halides is 1. The SMILES string of the molecule is NCC(F)C1NCCc2ccccc21. The van der Waals surface area contributed by atoms with E-state index in [0.29, 0.717) is 0 Å². The van der Waals surface area contributed by atoms with Gasteiger partial charge in [0.15, 0.2) is 0 Å². The predicted molar refractivity (Wildman–Crippen MR) is 54.8 cm³/mol. The Morgan fingerprint density at radius 1 is 1.50 bits per heavy atom. The fourth-order valence-electron chi connectivity index (χ4n) is 2.00. The van der Waals surface area contributed by atoms with Crippen molar-refractivity contribution in [1.29, 1.82) is 0 Å². The van der Waals surface area contributed by atoms with E-state index in [1.54, 1.807) is 0 Å². The summed E-state index contributed by atoms with van der Waals surface area (Å²) in [6, 6.07) is 7.77. The highest BCUT2D eigenvalue weighted by Gasteiger charge is 2.25. The Kier molecular flexibility index (Phi) is 2.79. The van der Waals surface area contributed by atoms with E-state index in [2.05, 4.69) is 11.4 Å². The summed E-state index contributed by atoms with van der Waals surface area (Å²) in [6.07, 6.45) is -0.0132. The van der Waals surface area contributed by atoms with Gasteiger partial charge >= 0.3 is 0 Å². The Morgan fingerprint density at radius 2 is 2.29 bits per heavy atom. The molecule has 0 bridgehead atoms. The summed E-state index contributed by atoms with van der Waals surface area (Å²) in [5.41, 5.74) is 7.65. The first-order chi connectivity index (χ1) is 6.83. The average molecular weight is 194 g/mol. The van der Waals surface area contributed by atoms with Crippen molar-refractivity contribution in [2.45, 2.75) is 18.6 Å². The van der Waals surface area contributed by atoms with Gasteiger partial charge in [-0.15, -0.1) is 0 Å². The molecule has 0 saturated heterocycles. The zero-order valence-electron chi connectivity index (χ0n) is 8.04. The minimum Gasteiger partial charge on any atom is -0.328 e. The van der Waals surface area contributed by atoms with Gasteiger partial charge in [-0.25, -0.2) is 4.39 Å². The van der Waals surface area contributed by atoms with Gasteiger partial charge in [-0.1, -0.05) is 24.3 Å². The molecule has 1 aliphatic rings. The Morgan fingerprint density at radius 3 is 3.07 bits per heavy atom. The molecule has 1 heterocycles. The summed E-state index contributed by atoms with van der Waals surface area (Å²) in [7, 11) is 0. The third kappa shape index (κ3) is 1.65. The molecule has 1 aliphatic heterocycles.